The molecule has 0 fully saturated rings. The molecule has 106 valence electrons. The number of halogens is 2. The molecular formula is C16H17F2NO. The van der Waals surface area contributed by atoms with Gasteiger partial charge in [0.2, 0.25) is 0 Å². The van der Waals surface area contributed by atoms with Crippen LogP contribution in [0.4, 0.5) is 8.78 Å². The van der Waals surface area contributed by atoms with Gasteiger partial charge in [0.05, 0.1) is 12.1 Å². The van der Waals surface area contributed by atoms with Crippen molar-refractivity contribution in [2.24, 2.45) is 5.73 Å². The van der Waals surface area contributed by atoms with Crippen molar-refractivity contribution in [1.82, 2.24) is 0 Å². The Morgan fingerprint density at radius 2 is 1.60 bits per heavy atom. The average Bonchev–Trinajstić information content (AvgIpc) is 2.38. The van der Waals surface area contributed by atoms with E-state index in [0.29, 0.717) is 11.3 Å². The zero-order valence-electron chi connectivity index (χ0n) is 11.4. The Morgan fingerprint density at radius 1 is 1.00 bits per heavy atom. The Morgan fingerprint density at radius 3 is 2.20 bits per heavy atom. The quantitative estimate of drug-likeness (QED) is 0.922. The van der Waals surface area contributed by atoms with E-state index in [4.69, 9.17) is 10.5 Å². The molecule has 20 heavy (non-hydrogen) atoms. The molecule has 4 heteroatoms. The lowest BCUT2D eigenvalue weighted by Gasteiger charge is -2.16. The third-order valence-corrected chi connectivity index (χ3v) is 2.90. The predicted molar refractivity (Wildman–Crippen MR) is 74.6 cm³/mol. The molecule has 2 rings (SSSR count). The summed E-state index contributed by atoms with van der Waals surface area (Å²) in [6.45, 7) is 3.81. The first-order chi connectivity index (χ1) is 9.49. The first kappa shape index (κ1) is 14.5. The fourth-order valence-corrected chi connectivity index (χ4v) is 2.03. The molecule has 2 nitrogen and oxygen atoms in total. The van der Waals surface area contributed by atoms with Crippen LogP contribution in [0, 0.1) is 11.6 Å². The molecule has 0 aliphatic carbocycles. The van der Waals surface area contributed by atoms with Crippen molar-refractivity contribution in [2.45, 2.75) is 26.0 Å². The summed E-state index contributed by atoms with van der Waals surface area (Å²) in [6, 6.07) is 9.82. The molecule has 1 atom stereocenters. The summed E-state index contributed by atoms with van der Waals surface area (Å²) in [5, 5.41) is 0. The van der Waals surface area contributed by atoms with Crippen LogP contribution in [-0.4, -0.2) is 6.10 Å². The van der Waals surface area contributed by atoms with Gasteiger partial charge in [0.25, 0.3) is 0 Å². The zero-order valence-corrected chi connectivity index (χ0v) is 11.4. The molecule has 0 aromatic heterocycles. The molecule has 0 spiro atoms. The summed E-state index contributed by atoms with van der Waals surface area (Å²) < 4.78 is 33.1. The molecule has 0 heterocycles. The first-order valence-electron chi connectivity index (χ1n) is 6.45. The van der Waals surface area contributed by atoms with Gasteiger partial charge in [-0.2, -0.15) is 0 Å². The fourth-order valence-electron chi connectivity index (χ4n) is 2.03. The summed E-state index contributed by atoms with van der Waals surface area (Å²) in [5.41, 5.74) is 6.46. The van der Waals surface area contributed by atoms with Gasteiger partial charge in [-0.05, 0) is 43.7 Å². The molecule has 2 aromatic carbocycles. The predicted octanol–water partition coefficient (Wildman–Crippen LogP) is 3.80. The summed E-state index contributed by atoms with van der Waals surface area (Å²) in [4.78, 5) is 0. The van der Waals surface area contributed by atoms with Gasteiger partial charge in [-0.25, -0.2) is 8.78 Å². The minimum atomic E-state index is -0.869. The maximum atomic E-state index is 13.7. The van der Waals surface area contributed by atoms with E-state index in [9.17, 15) is 8.78 Å². The van der Waals surface area contributed by atoms with E-state index in [1.54, 1.807) is 24.3 Å². The number of hydrogen-bond acceptors (Lipinski definition) is 2. The summed E-state index contributed by atoms with van der Waals surface area (Å²) >= 11 is 0. The van der Waals surface area contributed by atoms with Crippen LogP contribution in [0.15, 0.2) is 42.5 Å². The first-order valence-corrected chi connectivity index (χ1v) is 6.45. The van der Waals surface area contributed by atoms with Crippen molar-refractivity contribution >= 4 is 0 Å². The van der Waals surface area contributed by atoms with Crippen LogP contribution in [-0.2, 0) is 0 Å². The third kappa shape index (κ3) is 3.14. The largest absolute Gasteiger partial charge is 0.491 e. The van der Waals surface area contributed by atoms with Crippen LogP contribution in [0.25, 0.3) is 0 Å². The van der Waals surface area contributed by atoms with E-state index in [2.05, 4.69) is 0 Å². The number of hydrogen-bond donors (Lipinski definition) is 1. The van der Waals surface area contributed by atoms with E-state index in [-0.39, 0.29) is 11.7 Å². The maximum absolute atomic E-state index is 13.7. The van der Waals surface area contributed by atoms with Gasteiger partial charge in [-0.15, -0.1) is 0 Å². The smallest absolute Gasteiger partial charge is 0.131 e. The van der Waals surface area contributed by atoms with Crippen LogP contribution >= 0.6 is 0 Å². The molecule has 2 N–H and O–H groups in total. The van der Waals surface area contributed by atoms with Crippen LogP contribution in [0.1, 0.15) is 31.0 Å². The van der Waals surface area contributed by atoms with E-state index >= 15 is 0 Å². The zero-order chi connectivity index (χ0) is 14.7. The van der Waals surface area contributed by atoms with Gasteiger partial charge in [0, 0.05) is 5.56 Å². The Balaban J connectivity index is 2.36. The van der Waals surface area contributed by atoms with Gasteiger partial charge in [-0.3, -0.25) is 0 Å². The van der Waals surface area contributed by atoms with Crippen molar-refractivity contribution in [1.29, 1.82) is 0 Å². The van der Waals surface area contributed by atoms with Gasteiger partial charge in [0.1, 0.15) is 17.4 Å². The molecular weight excluding hydrogens is 260 g/mol. The molecule has 0 aliphatic rings. The van der Waals surface area contributed by atoms with Crippen LogP contribution < -0.4 is 10.5 Å². The molecule has 0 bridgehead atoms. The minimum absolute atomic E-state index is 0.0201. The van der Waals surface area contributed by atoms with Crippen molar-refractivity contribution in [3.8, 4) is 5.75 Å². The van der Waals surface area contributed by atoms with Crippen LogP contribution in [0.2, 0.25) is 0 Å². The van der Waals surface area contributed by atoms with Crippen LogP contribution in [0.5, 0.6) is 5.75 Å². The van der Waals surface area contributed by atoms with Crippen LogP contribution in [0.3, 0.4) is 0 Å². The van der Waals surface area contributed by atoms with E-state index < -0.39 is 17.7 Å². The second-order valence-electron chi connectivity index (χ2n) is 4.85. The van der Waals surface area contributed by atoms with Crippen molar-refractivity contribution in [3.05, 3.63) is 65.2 Å². The average molecular weight is 277 g/mol. The lowest BCUT2D eigenvalue weighted by Crippen LogP contribution is -2.16. The SMILES string of the molecule is CC(C)Oc1cccc(C(N)c2c(F)cccc2F)c1. The molecule has 1 unspecified atom stereocenters. The molecule has 0 saturated carbocycles. The highest BCUT2D eigenvalue weighted by molar-refractivity contribution is 5.37. The Labute approximate surface area is 117 Å². The number of benzene rings is 2. The third-order valence-electron chi connectivity index (χ3n) is 2.90. The second-order valence-corrected chi connectivity index (χ2v) is 4.85. The Hall–Kier alpha value is -1.94. The summed E-state index contributed by atoms with van der Waals surface area (Å²) in [5.74, 6) is -0.662. The molecule has 0 radical (unpaired) electrons. The van der Waals surface area contributed by atoms with E-state index in [0.717, 1.165) is 0 Å². The number of rotatable bonds is 4. The van der Waals surface area contributed by atoms with Gasteiger partial charge < -0.3 is 10.5 Å². The standard InChI is InChI=1S/C16H17F2NO/c1-10(2)20-12-6-3-5-11(9-12)16(19)15-13(17)7-4-8-14(15)18/h3-10,16H,19H2,1-2H3. The number of ether oxygens (including phenoxy) is 1. The molecule has 2 aromatic rings. The lowest BCUT2D eigenvalue weighted by molar-refractivity contribution is 0.242. The normalized spacial score (nSPS) is 12.5. The van der Waals surface area contributed by atoms with E-state index in [1.165, 1.54) is 18.2 Å². The highest BCUT2D eigenvalue weighted by Crippen LogP contribution is 2.27. The van der Waals surface area contributed by atoms with E-state index in [1.807, 2.05) is 13.8 Å². The van der Waals surface area contributed by atoms with Crippen molar-refractivity contribution in [2.75, 3.05) is 0 Å². The highest BCUT2D eigenvalue weighted by Gasteiger charge is 2.18. The van der Waals surface area contributed by atoms with Gasteiger partial charge in [0.15, 0.2) is 0 Å². The topological polar surface area (TPSA) is 35.2 Å². The lowest BCUT2D eigenvalue weighted by atomic mass is 9.98. The monoisotopic (exact) mass is 277 g/mol. The van der Waals surface area contributed by atoms with Gasteiger partial charge >= 0.3 is 0 Å². The molecule has 0 amide bonds. The van der Waals surface area contributed by atoms with Crippen molar-refractivity contribution in [3.63, 3.8) is 0 Å². The Bertz CT molecular complexity index is 579. The summed E-state index contributed by atoms with van der Waals surface area (Å²) in [7, 11) is 0. The number of nitrogens with two attached hydrogens (primary N) is 1. The minimum Gasteiger partial charge on any atom is -0.491 e. The highest BCUT2D eigenvalue weighted by atomic mass is 19.1. The fraction of sp³-hybridized carbons (Fsp3) is 0.250. The van der Waals surface area contributed by atoms with Crippen molar-refractivity contribution < 1.29 is 13.5 Å². The van der Waals surface area contributed by atoms with Gasteiger partial charge in [-0.1, -0.05) is 18.2 Å². The summed E-state index contributed by atoms with van der Waals surface area (Å²) in [6.07, 6.45) is 0.0201. The molecule has 0 saturated heterocycles. The Kier molecular flexibility index (Phi) is 4.35. The molecule has 0 aliphatic heterocycles. The second kappa shape index (κ2) is 6.01. The maximum Gasteiger partial charge on any atom is 0.131 e.